The Hall–Kier alpha value is -3.75. The lowest BCUT2D eigenvalue weighted by molar-refractivity contribution is -0.113. The first-order valence-corrected chi connectivity index (χ1v) is 12.8. The van der Waals surface area contributed by atoms with Gasteiger partial charge in [0.15, 0.2) is 4.80 Å². The number of halogens is 1. The number of anilines is 1. The van der Waals surface area contributed by atoms with Crippen LogP contribution in [0, 0.1) is 0 Å². The predicted octanol–water partition coefficient (Wildman–Crippen LogP) is 4.65. The number of benzene rings is 3. The summed E-state index contributed by atoms with van der Waals surface area (Å²) in [6.07, 6.45) is 1.85. The van der Waals surface area contributed by atoms with Gasteiger partial charge in [-0.15, -0.1) is 0 Å². The van der Waals surface area contributed by atoms with Crippen LogP contribution in [0.5, 0.6) is 5.75 Å². The monoisotopic (exact) mass is 559 g/mol. The topological polar surface area (TPSA) is 72.7 Å². The molecule has 1 N–H and O–H groups in total. The Morgan fingerprint density at radius 1 is 1.08 bits per heavy atom. The molecular formula is C28H22BrN3O3S. The fourth-order valence-electron chi connectivity index (χ4n) is 4.17. The molecule has 1 atom stereocenters. The molecule has 8 heteroatoms. The lowest BCUT2D eigenvalue weighted by Crippen LogP contribution is -2.40. The minimum atomic E-state index is -0.660. The zero-order valence-electron chi connectivity index (χ0n) is 19.6. The third-order valence-electron chi connectivity index (χ3n) is 5.88. The summed E-state index contributed by atoms with van der Waals surface area (Å²) in [6.45, 7) is 1.80. The highest BCUT2D eigenvalue weighted by Gasteiger charge is 2.32. The Bertz CT molecular complexity index is 1650. The molecule has 2 heterocycles. The van der Waals surface area contributed by atoms with Crippen LogP contribution in [-0.4, -0.2) is 17.6 Å². The minimum absolute atomic E-state index is 0.202. The van der Waals surface area contributed by atoms with Crippen LogP contribution < -0.4 is 24.9 Å². The van der Waals surface area contributed by atoms with Crippen molar-refractivity contribution >= 4 is 44.9 Å². The van der Waals surface area contributed by atoms with E-state index in [4.69, 9.17) is 4.74 Å². The van der Waals surface area contributed by atoms with Gasteiger partial charge in [-0.1, -0.05) is 69.7 Å². The highest BCUT2D eigenvalue weighted by Crippen LogP contribution is 2.32. The Labute approximate surface area is 220 Å². The number of hydrogen-bond acceptors (Lipinski definition) is 5. The van der Waals surface area contributed by atoms with Crippen molar-refractivity contribution in [3.05, 3.63) is 125 Å². The molecule has 0 aliphatic carbocycles. The number of carbonyl (C=O) groups excluding carboxylic acids is 1. The number of amides is 1. The first kappa shape index (κ1) is 24.0. The van der Waals surface area contributed by atoms with Gasteiger partial charge in [0.2, 0.25) is 0 Å². The second-order valence-corrected chi connectivity index (χ2v) is 10.2. The second-order valence-electron chi connectivity index (χ2n) is 8.23. The van der Waals surface area contributed by atoms with Crippen LogP contribution in [0.25, 0.3) is 6.08 Å². The van der Waals surface area contributed by atoms with E-state index in [-0.39, 0.29) is 11.5 Å². The number of nitrogens with one attached hydrogen (secondary N) is 1. The van der Waals surface area contributed by atoms with E-state index in [9.17, 15) is 9.59 Å². The number of thiazole rings is 1. The number of ether oxygens (including phenoxy) is 1. The fourth-order valence-corrected chi connectivity index (χ4v) is 5.48. The summed E-state index contributed by atoms with van der Waals surface area (Å²) in [5.74, 6) is 0.333. The largest absolute Gasteiger partial charge is 0.497 e. The van der Waals surface area contributed by atoms with E-state index in [0.29, 0.717) is 32.0 Å². The smallest absolute Gasteiger partial charge is 0.271 e. The molecule has 0 radical (unpaired) electrons. The number of fused-ring (bicyclic) bond motifs is 1. The van der Waals surface area contributed by atoms with E-state index in [2.05, 4.69) is 26.2 Å². The van der Waals surface area contributed by atoms with Gasteiger partial charge in [0, 0.05) is 10.2 Å². The van der Waals surface area contributed by atoms with Gasteiger partial charge in [0.25, 0.3) is 11.5 Å². The van der Waals surface area contributed by atoms with Crippen molar-refractivity contribution < 1.29 is 9.53 Å². The number of nitrogens with zero attached hydrogens (tertiary/aromatic N) is 2. The van der Waals surface area contributed by atoms with Crippen molar-refractivity contribution in [2.75, 3.05) is 12.4 Å². The molecule has 5 rings (SSSR count). The minimum Gasteiger partial charge on any atom is -0.497 e. The van der Waals surface area contributed by atoms with Gasteiger partial charge in [-0.3, -0.25) is 14.2 Å². The molecule has 4 aromatic rings. The number of carbonyl (C=O) groups is 1. The summed E-state index contributed by atoms with van der Waals surface area (Å²) in [5, 5.41) is 2.96. The lowest BCUT2D eigenvalue weighted by Gasteiger charge is -2.25. The van der Waals surface area contributed by atoms with E-state index in [1.165, 1.54) is 11.3 Å². The summed E-state index contributed by atoms with van der Waals surface area (Å²) in [5.41, 5.74) is 3.10. The Morgan fingerprint density at radius 2 is 1.83 bits per heavy atom. The molecule has 3 aromatic carbocycles. The predicted molar refractivity (Wildman–Crippen MR) is 146 cm³/mol. The maximum atomic E-state index is 13.7. The summed E-state index contributed by atoms with van der Waals surface area (Å²) in [7, 11) is 1.59. The van der Waals surface area contributed by atoms with Crippen LogP contribution in [0.15, 0.2) is 104 Å². The maximum absolute atomic E-state index is 13.7. The molecule has 0 bridgehead atoms. The maximum Gasteiger partial charge on any atom is 0.271 e. The molecule has 36 heavy (non-hydrogen) atoms. The number of methoxy groups -OCH3 is 1. The lowest BCUT2D eigenvalue weighted by atomic mass is 9.95. The van der Waals surface area contributed by atoms with Gasteiger partial charge < -0.3 is 10.1 Å². The molecular weight excluding hydrogens is 538 g/mol. The van der Waals surface area contributed by atoms with E-state index < -0.39 is 6.04 Å². The van der Waals surface area contributed by atoms with Crippen LogP contribution in [0.1, 0.15) is 24.1 Å². The van der Waals surface area contributed by atoms with Gasteiger partial charge >= 0.3 is 0 Å². The average molecular weight is 560 g/mol. The Kier molecular flexibility index (Phi) is 6.71. The number of allylic oxidation sites excluding steroid dienone is 1. The van der Waals surface area contributed by atoms with Gasteiger partial charge in [0.1, 0.15) is 5.75 Å². The van der Waals surface area contributed by atoms with Crippen molar-refractivity contribution in [1.82, 2.24) is 4.57 Å². The number of rotatable bonds is 5. The number of hydrogen-bond donors (Lipinski definition) is 1. The van der Waals surface area contributed by atoms with Crippen molar-refractivity contribution in [3.63, 3.8) is 0 Å². The quantitative estimate of drug-likeness (QED) is 0.387. The SMILES string of the molecule is COc1cccc(C2C(C(=O)Nc3ccccc3)=C(C)N=c3s/c(=C\c4ccc(Br)cc4)c(=O)n32)c1. The summed E-state index contributed by atoms with van der Waals surface area (Å²) in [6, 6.07) is 23.7. The third kappa shape index (κ3) is 4.69. The second kappa shape index (κ2) is 10.1. The third-order valence-corrected chi connectivity index (χ3v) is 7.39. The van der Waals surface area contributed by atoms with Gasteiger partial charge in [0.05, 0.1) is 29.0 Å². The van der Waals surface area contributed by atoms with Crippen molar-refractivity contribution in [1.29, 1.82) is 0 Å². The fraction of sp³-hybridized carbons (Fsp3) is 0.107. The molecule has 1 unspecified atom stereocenters. The van der Waals surface area contributed by atoms with Crippen LogP contribution >= 0.6 is 27.3 Å². The van der Waals surface area contributed by atoms with Crippen LogP contribution in [0.3, 0.4) is 0 Å². The summed E-state index contributed by atoms with van der Waals surface area (Å²) in [4.78, 5) is 32.6. The van der Waals surface area contributed by atoms with E-state index >= 15 is 0 Å². The van der Waals surface area contributed by atoms with E-state index in [0.717, 1.165) is 15.6 Å². The summed E-state index contributed by atoms with van der Waals surface area (Å²) < 4.78 is 8.55. The molecule has 0 saturated carbocycles. The average Bonchev–Trinajstić information content (AvgIpc) is 3.19. The van der Waals surface area contributed by atoms with Crippen molar-refractivity contribution in [3.8, 4) is 5.75 Å². The Morgan fingerprint density at radius 3 is 2.56 bits per heavy atom. The zero-order valence-corrected chi connectivity index (χ0v) is 22.0. The first-order chi connectivity index (χ1) is 17.4. The highest BCUT2D eigenvalue weighted by atomic mass is 79.9. The molecule has 1 amide bonds. The van der Waals surface area contributed by atoms with E-state index in [1.807, 2.05) is 84.9 Å². The van der Waals surface area contributed by atoms with Gasteiger partial charge in [-0.2, -0.15) is 0 Å². The molecule has 0 saturated heterocycles. The molecule has 0 fully saturated rings. The number of para-hydroxylation sites is 1. The van der Waals surface area contributed by atoms with Crippen molar-refractivity contribution in [2.45, 2.75) is 13.0 Å². The summed E-state index contributed by atoms with van der Waals surface area (Å²) >= 11 is 4.75. The van der Waals surface area contributed by atoms with Crippen LogP contribution in [-0.2, 0) is 4.79 Å². The first-order valence-electron chi connectivity index (χ1n) is 11.2. The standard InChI is InChI=1S/C28H22BrN3O3S/c1-17-24(26(33)31-21-8-4-3-5-9-21)25(19-7-6-10-22(16-19)35-2)32-27(34)23(36-28(32)30-17)15-18-11-13-20(29)14-12-18/h3-16,25H,1-2H3,(H,31,33)/b23-15-. The van der Waals surface area contributed by atoms with Crippen LogP contribution in [0.2, 0.25) is 0 Å². The van der Waals surface area contributed by atoms with Crippen molar-refractivity contribution in [2.24, 2.45) is 4.99 Å². The molecule has 1 aromatic heterocycles. The normalized spacial score (nSPS) is 15.3. The number of aromatic nitrogens is 1. The molecule has 1 aliphatic rings. The van der Waals surface area contributed by atoms with Crippen LogP contribution in [0.4, 0.5) is 5.69 Å². The zero-order chi connectivity index (χ0) is 25.2. The van der Waals surface area contributed by atoms with Gasteiger partial charge in [-0.05, 0) is 60.5 Å². The highest BCUT2D eigenvalue weighted by molar-refractivity contribution is 9.10. The Balaban J connectivity index is 1.68. The molecule has 0 spiro atoms. The molecule has 1 aliphatic heterocycles. The van der Waals surface area contributed by atoms with E-state index in [1.54, 1.807) is 18.6 Å². The molecule has 6 nitrogen and oxygen atoms in total. The molecule has 180 valence electrons. The van der Waals surface area contributed by atoms with Gasteiger partial charge in [-0.25, -0.2) is 4.99 Å².